The van der Waals surface area contributed by atoms with Gasteiger partial charge in [0.1, 0.15) is 31.2 Å². The van der Waals surface area contributed by atoms with E-state index >= 15 is 0 Å². The monoisotopic (exact) mass is 883 g/mol. The molecule has 0 atom stereocenters. The zero-order chi connectivity index (χ0) is 46.4. The van der Waals surface area contributed by atoms with Gasteiger partial charge in [-0.1, -0.05) is 82.0 Å². The smallest absolute Gasteiger partial charge is 0.246 e. The molecule has 1 aromatic carbocycles. The molecule has 0 radical (unpaired) electrons. The van der Waals surface area contributed by atoms with Gasteiger partial charge in [-0.05, 0) is 94.8 Å². The maximum atomic E-state index is 12.7. The van der Waals surface area contributed by atoms with E-state index in [-0.39, 0.29) is 25.6 Å². The van der Waals surface area contributed by atoms with Crippen LogP contribution in [0.1, 0.15) is 72.1 Å². The second kappa shape index (κ2) is 27.6. The molecule has 0 aliphatic carbocycles. The first-order valence-corrected chi connectivity index (χ1v) is 28.4. The number of aromatic nitrogens is 3. The topological polar surface area (TPSA) is 142 Å². The maximum absolute atomic E-state index is 12.7. The molecule has 0 unspecified atom stereocenters. The second-order valence-electron chi connectivity index (χ2n) is 13.8. The Balaban J connectivity index is 0.00000103. The van der Waals surface area contributed by atoms with E-state index in [4.69, 9.17) is 5.73 Å². The lowest BCUT2D eigenvalue weighted by atomic mass is 10.1. The number of nitrogens with two attached hydrogens (primary N) is 1. The molecule has 0 saturated carbocycles. The van der Waals surface area contributed by atoms with E-state index in [9.17, 15) is 18.7 Å². The highest BCUT2D eigenvalue weighted by Crippen LogP contribution is 2.39. The number of hydrogen-bond donors (Lipinski definition) is 2. The lowest BCUT2D eigenvalue weighted by Crippen LogP contribution is -2.50. The van der Waals surface area contributed by atoms with Gasteiger partial charge in [0.25, 0.3) is 0 Å². The Kier molecular flexibility index (Phi) is 25.7. The van der Waals surface area contributed by atoms with E-state index in [2.05, 4.69) is 42.1 Å². The van der Waals surface area contributed by atoms with Crippen LogP contribution in [0, 0.1) is 13.8 Å². The number of aryl methyl sites for hydroxylation is 2. The van der Waals surface area contributed by atoms with Crippen LogP contribution >= 0.6 is 22.2 Å². The number of hydrogen-bond acceptors (Lipinski definition) is 8. The third-order valence-electron chi connectivity index (χ3n) is 8.72. The van der Waals surface area contributed by atoms with Crippen molar-refractivity contribution in [2.45, 2.75) is 75.7 Å². The molecule has 11 nitrogen and oxygen atoms in total. The summed E-state index contributed by atoms with van der Waals surface area (Å²) in [5.74, 6) is 1.17. The van der Waals surface area contributed by atoms with E-state index in [1.54, 1.807) is 43.8 Å². The van der Waals surface area contributed by atoms with Crippen molar-refractivity contribution in [1.82, 2.24) is 19.8 Å². The Bertz CT molecular complexity index is 2050. The average molecular weight is 883 g/mol. The second-order valence-corrected chi connectivity index (χ2v) is 22.4. The van der Waals surface area contributed by atoms with Gasteiger partial charge < -0.3 is 30.0 Å². The predicted octanol–water partition coefficient (Wildman–Crippen LogP) is 8.75. The molecule has 60 heavy (non-hydrogen) atoms. The highest BCUT2D eigenvalue weighted by molar-refractivity contribution is 7.70. The first kappa shape index (κ1) is 55.8. The molecule has 332 valence electrons. The van der Waals surface area contributed by atoms with Crippen LogP contribution in [0.4, 0.5) is 17.3 Å². The molecule has 1 aliphatic heterocycles. The van der Waals surface area contributed by atoms with Crippen molar-refractivity contribution in [1.29, 1.82) is 0 Å². The fraction of sp³-hybridized carbons (Fsp3) is 0.457. The molecule has 3 N–H and O–H groups in total. The zero-order valence-electron chi connectivity index (χ0n) is 39.5. The van der Waals surface area contributed by atoms with Crippen molar-refractivity contribution < 1.29 is 23.3 Å². The lowest BCUT2D eigenvalue weighted by Gasteiger charge is -2.34. The summed E-state index contributed by atoms with van der Waals surface area (Å²) in [4.78, 5) is 36.6. The number of nitrogens with one attached hydrogen (secondary N) is 1. The molecule has 4 aromatic rings. The fourth-order valence-electron chi connectivity index (χ4n) is 6.18. The first-order chi connectivity index (χ1) is 28.4. The van der Waals surface area contributed by atoms with Crippen LogP contribution in [0.3, 0.4) is 0 Å². The van der Waals surface area contributed by atoms with Crippen LogP contribution in [0.15, 0.2) is 79.9 Å². The minimum absolute atomic E-state index is 0.0761. The van der Waals surface area contributed by atoms with Crippen molar-refractivity contribution in [2.24, 2.45) is 0 Å². The number of nitrogens with zero attached hydrogens (tertiary/aromatic N) is 5. The van der Waals surface area contributed by atoms with Crippen LogP contribution in [0.25, 0.3) is 5.69 Å². The normalized spacial score (nSPS) is 11.9. The van der Waals surface area contributed by atoms with E-state index in [1.165, 1.54) is 16.9 Å². The molecule has 0 bridgehead atoms. The van der Waals surface area contributed by atoms with Gasteiger partial charge in [0, 0.05) is 61.7 Å². The fourth-order valence-corrected chi connectivity index (χ4v) is 10.2. The molecule has 1 fully saturated rings. The van der Waals surface area contributed by atoms with Crippen LogP contribution in [0.2, 0.25) is 0 Å². The Morgan fingerprint density at radius 2 is 1.40 bits per heavy atom. The van der Waals surface area contributed by atoms with Crippen LogP contribution in [-0.2, 0) is 25.1 Å². The number of carbonyl (C=O) groups excluding carboxylic acids is 2. The predicted molar refractivity (Wildman–Crippen MR) is 263 cm³/mol. The quantitative estimate of drug-likeness (QED) is 0.0966. The summed E-state index contributed by atoms with van der Waals surface area (Å²) in [7, 11) is -5.30. The number of carbonyl (C=O) groups is 2. The Morgan fingerprint density at radius 1 is 0.833 bits per heavy atom. The first-order valence-electron chi connectivity index (χ1n) is 21.0. The Morgan fingerprint density at radius 3 is 1.93 bits per heavy atom. The number of benzene rings is 1. The number of piperazine rings is 1. The van der Waals surface area contributed by atoms with E-state index in [0.717, 1.165) is 33.6 Å². The van der Waals surface area contributed by atoms with Crippen molar-refractivity contribution in [3.05, 3.63) is 96.6 Å². The number of nitrogen functional groups attached to an aromatic ring is 1. The molecule has 3 aromatic heterocycles. The van der Waals surface area contributed by atoms with Crippen molar-refractivity contribution in [3.8, 4) is 5.69 Å². The molecule has 5 rings (SSSR count). The van der Waals surface area contributed by atoms with Gasteiger partial charge in [0.2, 0.25) is 17.5 Å². The van der Waals surface area contributed by atoms with Gasteiger partial charge in [-0.15, -0.1) is 0 Å². The zero-order valence-corrected chi connectivity index (χ0v) is 42.1. The largest absolute Gasteiger partial charge is 0.383 e. The highest BCUT2D eigenvalue weighted by atomic mass is 31.2. The number of amides is 2. The molecular formula is C46H75N7O4P3+. The Labute approximate surface area is 364 Å². The molecule has 1 aliphatic rings. The van der Waals surface area contributed by atoms with Gasteiger partial charge in [-0.25, -0.2) is 9.97 Å². The number of anilines is 3. The summed E-state index contributed by atoms with van der Waals surface area (Å²) >= 11 is 0. The standard InChI is InChI=1S/C23H29N4O2P.C15H22N3O2P2.4C2H6/c1-5-20(28)26-11-13-27(14-12-26)21(29)16-18-7-6-8-19(15-18)25-23-22(30(3)4)17(2)9-10-24-23;1-11-7-9-18(10-13(11)21(2,3)19)12-6-8-17-15(16)14(12)22(4,5)20;4*1-2/h5-10,15H,1,11-14,16H2,2-4H3,(H,24,25);6-10H,1-5H3,(H2,16,17);4*1-2H3/q;+1;;;;. The van der Waals surface area contributed by atoms with Crippen LogP contribution in [0.5, 0.6) is 0 Å². The molecule has 1 saturated heterocycles. The van der Waals surface area contributed by atoms with Crippen LogP contribution in [-0.4, -0.2) is 97.8 Å². The van der Waals surface area contributed by atoms with Gasteiger partial charge >= 0.3 is 0 Å². The lowest BCUT2D eigenvalue weighted by molar-refractivity contribution is -0.593. The third-order valence-corrected chi connectivity index (χ3v) is 13.3. The van der Waals surface area contributed by atoms with Crippen LogP contribution < -0.4 is 31.5 Å². The van der Waals surface area contributed by atoms with E-state index < -0.39 is 14.3 Å². The molecule has 4 heterocycles. The van der Waals surface area contributed by atoms with Gasteiger partial charge in [0.15, 0.2) is 12.4 Å². The Hall–Kier alpha value is -4.16. The molecule has 0 spiro atoms. The van der Waals surface area contributed by atoms with E-state index in [1.807, 2.05) is 127 Å². The summed E-state index contributed by atoms with van der Waals surface area (Å²) < 4.78 is 26.9. The highest BCUT2D eigenvalue weighted by Gasteiger charge is 2.28. The summed E-state index contributed by atoms with van der Waals surface area (Å²) in [6, 6.07) is 13.7. The summed E-state index contributed by atoms with van der Waals surface area (Å²) in [6.07, 6.45) is 8.78. The minimum atomic E-state index is -2.60. The summed E-state index contributed by atoms with van der Waals surface area (Å²) in [6.45, 7) is 37.1. The molecular weight excluding hydrogens is 807 g/mol. The average Bonchev–Trinajstić information content (AvgIpc) is 3.23. The number of pyridine rings is 3. The van der Waals surface area contributed by atoms with Gasteiger partial charge in [0.05, 0.1) is 11.7 Å². The maximum Gasteiger partial charge on any atom is 0.246 e. The minimum Gasteiger partial charge on any atom is -0.383 e. The summed E-state index contributed by atoms with van der Waals surface area (Å²) in [5, 5.41) is 6.06. The molecule has 2 amide bonds. The number of rotatable bonds is 9. The van der Waals surface area contributed by atoms with Crippen molar-refractivity contribution >= 4 is 67.3 Å². The van der Waals surface area contributed by atoms with Crippen molar-refractivity contribution in [2.75, 3.05) is 77.2 Å². The third kappa shape index (κ3) is 16.7. The SMILES string of the molecule is C=CC(=O)N1CCN(C(=O)Cc2cccc(Nc3nccc(C)c3P(C)C)c2)CC1.CC.CC.CC.CC.Cc1cc[n+](-c2ccnc(N)c2P(C)(C)=O)cc1P(C)(C)=O. The summed E-state index contributed by atoms with van der Waals surface area (Å²) in [5.41, 5.74) is 10.8. The van der Waals surface area contributed by atoms with Gasteiger partial charge in [-0.2, -0.15) is 4.57 Å². The van der Waals surface area contributed by atoms with Gasteiger partial charge in [-0.3, -0.25) is 9.59 Å². The van der Waals surface area contributed by atoms with E-state index in [0.29, 0.717) is 37.9 Å². The van der Waals surface area contributed by atoms with Crippen molar-refractivity contribution in [3.63, 3.8) is 0 Å². The molecule has 14 heteroatoms.